The summed E-state index contributed by atoms with van der Waals surface area (Å²) in [6.45, 7) is 0. The molecular formula is C12H7Cl2NO3. The van der Waals surface area contributed by atoms with Gasteiger partial charge >= 0.3 is 5.97 Å². The summed E-state index contributed by atoms with van der Waals surface area (Å²) in [5, 5.41) is 9.45. The van der Waals surface area contributed by atoms with Crippen LogP contribution in [-0.4, -0.2) is 16.1 Å². The molecular weight excluding hydrogens is 277 g/mol. The van der Waals surface area contributed by atoms with Gasteiger partial charge in [-0.25, -0.2) is 9.78 Å². The number of ether oxygens (including phenoxy) is 1. The van der Waals surface area contributed by atoms with Crippen LogP contribution in [0, 0.1) is 0 Å². The van der Waals surface area contributed by atoms with Gasteiger partial charge in [0.1, 0.15) is 5.75 Å². The minimum atomic E-state index is -1.21. The summed E-state index contributed by atoms with van der Waals surface area (Å²) in [6.07, 6.45) is 0. The van der Waals surface area contributed by atoms with Gasteiger partial charge in [-0.2, -0.15) is 0 Å². The van der Waals surface area contributed by atoms with Crippen LogP contribution in [0.1, 0.15) is 10.5 Å². The molecule has 0 amide bonds. The van der Waals surface area contributed by atoms with Gasteiger partial charge in [-0.15, -0.1) is 0 Å². The molecule has 0 saturated carbocycles. The first-order valence-corrected chi connectivity index (χ1v) is 5.65. The monoisotopic (exact) mass is 283 g/mol. The van der Waals surface area contributed by atoms with E-state index in [4.69, 9.17) is 33.0 Å². The van der Waals surface area contributed by atoms with Crippen LogP contribution >= 0.6 is 23.2 Å². The van der Waals surface area contributed by atoms with E-state index in [0.717, 1.165) is 0 Å². The summed E-state index contributed by atoms with van der Waals surface area (Å²) < 4.78 is 5.39. The van der Waals surface area contributed by atoms with Gasteiger partial charge in [-0.05, 0) is 24.3 Å². The van der Waals surface area contributed by atoms with E-state index in [1.54, 1.807) is 24.3 Å². The Kier molecular flexibility index (Phi) is 3.69. The Morgan fingerprint density at radius 3 is 2.67 bits per heavy atom. The lowest BCUT2D eigenvalue weighted by Crippen LogP contribution is -2.02. The topological polar surface area (TPSA) is 59.4 Å². The van der Waals surface area contributed by atoms with Crippen LogP contribution < -0.4 is 4.74 Å². The van der Waals surface area contributed by atoms with Crippen molar-refractivity contribution in [1.82, 2.24) is 4.98 Å². The largest absolute Gasteiger partial charge is 0.476 e. The first-order chi connectivity index (χ1) is 8.56. The molecule has 1 aromatic carbocycles. The van der Waals surface area contributed by atoms with Crippen LogP contribution in [0.5, 0.6) is 11.6 Å². The van der Waals surface area contributed by atoms with E-state index >= 15 is 0 Å². The van der Waals surface area contributed by atoms with Crippen molar-refractivity contribution < 1.29 is 14.6 Å². The van der Waals surface area contributed by atoms with Gasteiger partial charge in [0.05, 0.1) is 5.02 Å². The predicted molar refractivity (Wildman–Crippen MR) is 67.7 cm³/mol. The highest BCUT2D eigenvalue weighted by atomic mass is 35.5. The first kappa shape index (κ1) is 12.7. The maximum absolute atomic E-state index is 10.9. The maximum atomic E-state index is 10.9. The predicted octanol–water partition coefficient (Wildman–Crippen LogP) is 3.88. The lowest BCUT2D eigenvalue weighted by Gasteiger charge is -2.06. The fraction of sp³-hybridized carbons (Fsp3) is 0. The molecule has 0 aliphatic rings. The van der Waals surface area contributed by atoms with Gasteiger partial charge in [0.25, 0.3) is 0 Å². The third-order valence-corrected chi connectivity index (χ3v) is 2.58. The number of halogens is 2. The summed E-state index contributed by atoms with van der Waals surface area (Å²) in [6, 6.07) is 9.59. The molecule has 0 unspecified atom stereocenters. The minimum Gasteiger partial charge on any atom is -0.476 e. The van der Waals surface area contributed by atoms with Crippen LogP contribution in [-0.2, 0) is 0 Å². The number of aromatic carboxylic acids is 1. The lowest BCUT2D eigenvalue weighted by molar-refractivity contribution is 0.0690. The summed E-state index contributed by atoms with van der Waals surface area (Å²) in [4.78, 5) is 14.7. The average Bonchev–Trinajstić information content (AvgIpc) is 2.31. The quantitative estimate of drug-likeness (QED) is 0.929. The summed E-state index contributed by atoms with van der Waals surface area (Å²) >= 11 is 11.5. The second-order valence-corrected chi connectivity index (χ2v) is 4.19. The Balaban J connectivity index is 2.30. The summed E-state index contributed by atoms with van der Waals surface area (Å²) in [5.41, 5.74) is -0.254. The Labute approximate surface area is 113 Å². The molecule has 92 valence electrons. The molecule has 2 rings (SSSR count). The number of aromatic nitrogens is 1. The third-order valence-electron chi connectivity index (χ3n) is 2.04. The van der Waals surface area contributed by atoms with Crippen molar-refractivity contribution in [3.8, 4) is 11.6 Å². The fourth-order valence-corrected chi connectivity index (χ4v) is 1.65. The molecule has 1 aromatic heterocycles. The number of carboxylic acid groups (broad SMARTS) is 1. The highest BCUT2D eigenvalue weighted by Gasteiger charge is 2.12. The zero-order valence-electron chi connectivity index (χ0n) is 8.93. The Hall–Kier alpha value is -1.78. The van der Waals surface area contributed by atoms with E-state index in [2.05, 4.69) is 4.98 Å². The van der Waals surface area contributed by atoms with E-state index < -0.39 is 5.97 Å². The Morgan fingerprint density at radius 1 is 1.22 bits per heavy atom. The molecule has 0 atom stereocenters. The molecule has 0 radical (unpaired) electrons. The van der Waals surface area contributed by atoms with Crippen LogP contribution in [0.2, 0.25) is 10.0 Å². The van der Waals surface area contributed by atoms with Crippen LogP contribution in [0.4, 0.5) is 0 Å². The molecule has 2 aromatic rings. The molecule has 4 nitrogen and oxygen atoms in total. The minimum absolute atomic E-state index is 0.0564. The zero-order valence-corrected chi connectivity index (χ0v) is 10.4. The van der Waals surface area contributed by atoms with Gasteiger partial charge in [-0.3, -0.25) is 0 Å². The molecule has 0 fully saturated rings. The molecule has 1 N–H and O–H groups in total. The van der Waals surface area contributed by atoms with Gasteiger partial charge in [0, 0.05) is 11.1 Å². The van der Waals surface area contributed by atoms with E-state index in [1.807, 2.05) is 0 Å². The average molecular weight is 284 g/mol. The summed E-state index contributed by atoms with van der Waals surface area (Å²) in [7, 11) is 0. The van der Waals surface area contributed by atoms with E-state index in [-0.39, 0.29) is 16.6 Å². The highest BCUT2D eigenvalue weighted by molar-refractivity contribution is 6.33. The summed E-state index contributed by atoms with van der Waals surface area (Å²) in [5.74, 6) is -0.607. The number of hydrogen-bond acceptors (Lipinski definition) is 3. The van der Waals surface area contributed by atoms with Crippen LogP contribution in [0.15, 0.2) is 36.4 Å². The molecule has 0 aliphatic heterocycles. The van der Waals surface area contributed by atoms with Gasteiger partial charge in [0.15, 0.2) is 5.69 Å². The van der Waals surface area contributed by atoms with Crippen molar-refractivity contribution >= 4 is 29.2 Å². The molecule has 0 aliphatic carbocycles. The molecule has 0 saturated heterocycles. The highest BCUT2D eigenvalue weighted by Crippen LogP contribution is 2.25. The Bertz CT molecular complexity index is 602. The van der Waals surface area contributed by atoms with Crippen molar-refractivity contribution in [1.29, 1.82) is 0 Å². The van der Waals surface area contributed by atoms with Crippen LogP contribution in [0.3, 0.4) is 0 Å². The number of benzene rings is 1. The van der Waals surface area contributed by atoms with Crippen molar-refractivity contribution in [3.63, 3.8) is 0 Å². The van der Waals surface area contributed by atoms with E-state index in [0.29, 0.717) is 10.8 Å². The molecule has 1 heterocycles. The molecule has 0 spiro atoms. The molecule has 0 bridgehead atoms. The number of carboxylic acids is 1. The number of hydrogen-bond donors (Lipinski definition) is 1. The molecule has 6 heteroatoms. The smallest absolute Gasteiger partial charge is 0.356 e. The van der Waals surface area contributed by atoms with Crippen molar-refractivity contribution in [2.45, 2.75) is 0 Å². The number of pyridine rings is 1. The first-order valence-electron chi connectivity index (χ1n) is 4.89. The van der Waals surface area contributed by atoms with Crippen molar-refractivity contribution in [2.24, 2.45) is 0 Å². The van der Waals surface area contributed by atoms with Crippen molar-refractivity contribution in [2.75, 3.05) is 0 Å². The fourth-order valence-electron chi connectivity index (χ4n) is 1.28. The SMILES string of the molecule is O=C(O)c1nc(Oc2cccc(Cl)c2)ccc1Cl. The number of rotatable bonds is 3. The van der Waals surface area contributed by atoms with Gasteiger partial charge in [-0.1, -0.05) is 29.3 Å². The van der Waals surface area contributed by atoms with Gasteiger partial charge < -0.3 is 9.84 Å². The van der Waals surface area contributed by atoms with E-state index in [1.165, 1.54) is 12.1 Å². The molecule has 18 heavy (non-hydrogen) atoms. The van der Waals surface area contributed by atoms with Crippen molar-refractivity contribution in [3.05, 3.63) is 52.1 Å². The Morgan fingerprint density at radius 2 is 2.00 bits per heavy atom. The van der Waals surface area contributed by atoms with E-state index in [9.17, 15) is 4.79 Å². The maximum Gasteiger partial charge on any atom is 0.356 e. The number of carbonyl (C=O) groups is 1. The zero-order chi connectivity index (χ0) is 13.1. The standard InChI is InChI=1S/C12H7Cl2NO3/c13-7-2-1-3-8(6-7)18-10-5-4-9(14)11(15-10)12(16)17/h1-6H,(H,16,17). The normalized spacial score (nSPS) is 10.1. The van der Waals surface area contributed by atoms with Crippen LogP contribution in [0.25, 0.3) is 0 Å². The number of nitrogens with zero attached hydrogens (tertiary/aromatic N) is 1. The van der Waals surface area contributed by atoms with Gasteiger partial charge in [0.2, 0.25) is 5.88 Å². The third kappa shape index (κ3) is 2.91. The second-order valence-electron chi connectivity index (χ2n) is 3.34. The lowest BCUT2D eigenvalue weighted by atomic mass is 10.3. The second kappa shape index (κ2) is 5.25.